The first kappa shape index (κ1) is 15.4. The third-order valence-corrected chi connectivity index (χ3v) is 3.54. The first-order valence-corrected chi connectivity index (χ1v) is 7.63. The Bertz CT molecular complexity index is 519. The van der Waals surface area contributed by atoms with Crippen molar-refractivity contribution in [3.8, 4) is 0 Å². The van der Waals surface area contributed by atoms with Gasteiger partial charge in [0, 0.05) is 13.0 Å². The van der Waals surface area contributed by atoms with E-state index < -0.39 is 0 Å². The van der Waals surface area contributed by atoms with Crippen LogP contribution in [0.25, 0.3) is 0 Å². The van der Waals surface area contributed by atoms with Crippen molar-refractivity contribution in [2.45, 2.75) is 39.2 Å². The molecule has 0 radical (unpaired) electrons. The molecule has 0 atom stereocenters. The number of carbonyl (C=O) groups is 1. The molecule has 2 aromatic rings. The topological polar surface area (TPSA) is 33.5 Å². The molecule has 0 fully saturated rings. The van der Waals surface area contributed by atoms with Crippen molar-refractivity contribution < 1.29 is 9.21 Å². The Morgan fingerprint density at radius 2 is 1.95 bits per heavy atom. The van der Waals surface area contributed by atoms with Crippen molar-refractivity contribution in [3.63, 3.8) is 0 Å². The maximum atomic E-state index is 12.3. The van der Waals surface area contributed by atoms with Crippen molar-refractivity contribution in [2.75, 3.05) is 6.54 Å². The summed E-state index contributed by atoms with van der Waals surface area (Å²) in [6.45, 7) is 3.39. The fraction of sp³-hybridized carbons (Fsp3) is 0.389. The lowest BCUT2D eigenvalue weighted by Gasteiger charge is -2.22. The van der Waals surface area contributed by atoms with Crippen molar-refractivity contribution in [2.24, 2.45) is 0 Å². The molecule has 1 amide bonds. The third-order valence-electron chi connectivity index (χ3n) is 3.54. The molecule has 0 saturated heterocycles. The molecule has 2 rings (SSSR count). The first-order chi connectivity index (χ1) is 10.3. The number of nitrogens with zero attached hydrogens (tertiary/aromatic N) is 1. The zero-order chi connectivity index (χ0) is 14.9. The van der Waals surface area contributed by atoms with Crippen LogP contribution < -0.4 is 0 Å². The van der Waals surface area contributed by atoms with E-state index in [2.05, 4.69) is 19.1 Å². The van der Waals surface area contributed by atoms with E-state index >= 15 is 0 Å². The molecule has 0 bridgehead atoms. The molecule has 1 heterocycles. The van der Waals surface area contributed by atoms with Gasteiger partial charge in [-0.15, -0.1) is 0 Å². The number of benzene rings is 1. The number of carbonyl (C=O) groups excluding carboxylic acids is 1. The minimum Gasteiger partial charge on any atom is -0.467 e. The van der Waals surface area contributed by atoms with Gasteiger partial charge in [-0.3, -0.25) is 4.79 Å². The Kier molecular flexibility index (Phi) is 6.07. The molecule has 0 aliphatic carbocycles. The Balaban J connectivity index is 1.95. The van der Waals surface area contributed by atoms with Crippen molar-refractivity contribution in [1.82, 2.24) is 4.90 Å². The van der Waals surface area contributed by atoms with Gasteiger partial charge in [-0.25, -0.2) is 0 Å². The molecule has 1 aromatic heterocycles. The fourth-order valence-corrected chi connectivity index (χ4v) is 2.28. The molecule has 0 aliphatic heterocycles. The zero-order valence-electron chi connectivity index (χ0n) is 12.6. The van der Waals surface area contributed by atoms with Crippen LogP contribution >= 0.6 is 0 Å². The van der Waals surface area contributed by atoms with E-state index in [1.807, 2.05) is 35.2 Å². The van der Waals surface area contributed by atoms with Gasteiger partial charge in [0.2, 0.25) is 5.91 Å². The molecule has 0 N–H and O–H groups in total. The molecule has 0 spiro atoms. The van der Waals surface area contributed by atoms with Gasteiger partial charge in [0.1, 0.15) is 5.76 Å². The normalized spacial score (nSPS) is 10.5. The van der Waals surface area contributed by atoms with E-state index in [0.29, 0.717) is 13.0 Å². The highest BCUT2D eigenvalue weighted by Gasteiger charge is 2.14. The summed E-state index contributed by atoms with van der Waals surface area (Å²) in [7, 11) is 0. The molecule has 21 heavy (non-hydrogen) atoms. The molecule has 0 unspecified atom stereocenters. The fourth-order valence-electron chi connectivity index (χ4n) is 2.28. The summed E-state index contributed by atoms with van der Waals surface area (Å²) in [5.74, 6) is 1.05. The van der Waals surface area contributed by atoms with Crippen molar-refractivity contribution in [1.29, 1.82) is 0 Å². The van der Waals surface area contributed by atoms with Crippen LogP contribution in [-0.4, -0.2) is 17.4 Å². The average Bonchev–Trinajstić information content (AvgIpc) is 3.03. The predicted octanol–water partition coefficient (Wildman–Crippen LogP) is 4.04. The van der Waals surface area contributed by atoms with Crippen LogP contribution in [0.5, 0.6) is 0 Å². The number of hydrogen-bond donors (Lipinski definition) is 0. The summed E-state index contributed by atoms with van der Waals surface area (Å²) < 4.78 is 5.38. The number of rotatable bonds is 8. The number of furan rings is 1. The number of unbranched alkanes of at least 4 members (excludes halogenated alkanes) is 1. The summed E-state index contributed by atoms with van der Waals surface area (Å²) in [4.78, 5) is 14.2. The largest absolute Gasteiger partial charge is 0.467 e. The van der Waals surface area contributed by atoms with Crippen LogP contribution in [0.3, 0.4) is 0 Å². The standard InChI is InChI=1S/C18H23NO2/c1-2-3-11-18(20)19(15-17-10-7-14-21-17)13-12-16-8-5-4-6-9-16/h4-10,14H,2-3,11-13,15H2,1H3. The minimum atomic E-state index is 0.212. The number of amides is 1. The van der Waals surface area contributed by atoms with Crippen LogP contribution in [0.2, 0.25) is 0 Å². The Hall–Kier alpha value is -2.03. The van der Waals surface area contributed by atoms with E-state index in [1.54, 1.807) is 6.26 Å². The van der Waals surface area contributed by atoms with Gasteiger partial charge in [-0.2, -0.15) is 0 Å². The lowest BCUT2D eigenvalue weighted by atomic mass is 10.1. The minimum absolute atomic E-state index is 0.212. The Labute approximate surface area is 126 Å². The van der Waals surface area contributed by atoms with E-state index in [9.17, 15) is 4.79 Å². The van der Waals surface area contributed by atoms with Crippen LogP contribution in [0, 0.1) is 0 Å². The summed E-state index contributed by atoms with van der Waals surface area (Å²) in [6, 6.07) is 14.1. The Morgan fingerprint density at radius 3 is 2.62 bits per heavy atom. The summed E-state index contributed by atoms with van der Waals surface area (Å²) in [5, 5.41) is 0. The van der Waals surface area contributed by atoms with Crippen molar-refractivity contribution in [3.05, 3.63) is 60.1 Å². The van der Waals surface area contributed by atoms with E-state index in [0.717, 1.165) is 31.6 Å². The molecule has 3 nitrogen and oxygen atoms in total. The Morgan fingerprint density at radius 1 is 1.14 bits per heavy atom. The lowest BCUT2D eigenvalue weighted by Crippen LogP contribution is -2.32. The van der Waals surface area contributed by atoms with Crippen LogP contribution in [0.1, 0.15) is 37.5 Å². The monoisotopic (exact) mass is 285 g/mol. The number of hydrogen-bond acceptors (Lipinski definition) is 2. The maximum absolute atomic E-state index is 12.3. The van der Waals surface area contributed by atoms with Gasteiger partial charge in [0.15, 0.2) is 0 Å². The van der Waals surface area contributed by atoms with Crippen molar-refractivity contribution >= 4 is 5.91 Å². The van der Waals surface area contributed by atoms with E-state index in [1.165, 1.54) is 5.56 Å². The molecular weight excluding hydrogens is 262 g/mol. The second-order valence-corrected chi connectivity index (χ2v) is 5.23. The second kappa shape index (κ2) is 8.30. The van der Waals surface area contributed by atoms with Gasteiger partial charge < -0.3 is 9.32 Å². The average molecular weight is 285 g/mol. The van der Waals surface area contributed by atoms with Crippen LogP contribution in [-0.2, 0) is 17.8 Å². The van der Waals surface area contributed by atoms with Gasteiger partial charge in [-0.1, -0.05) is 43.7 Å². The van der Waals surface area contributed by atoms with Gasteiger partial charge in [0.05, 0.1) is 12.8 Å². The third kappa shape index (κ3) is 5.10. The highest BCUT2D eigenvalue weighted by Crippen LogP contribution is 2.10. The summed E-state index contributed by atoms with van der Waals surface area (Å²) >= 11 is 0. The maximum Gasteiger partial charge on any atom is 0.222 e. The highest BCUT2D eigenvalue weighted by molar-refractivity contribution is 5.76. The molecule has 3 heteroatoms. The smallest absolute Gasteiger partial charge is 0.222 e. The quantitative estimate of drug-likeness (QED) is 0.733. The molecule has 1 aromatic carbocycles. The van der Waals surface area contributed by atoms with Gasteiger partial charge in [-0.05, 0) is 30.5 Å². The summed E-state index contributed by atoms with van der Waals surface area (Å²) in [6.07, 6.45) is 5.13. The zero-order valence-corrected chi connectivity index (χ0v) is 12.6. The molecular formula is C18H23NO2. The molecule has 0 aliphatic rings. The van der Waals surface area contributed by atoms with Crippen LogP contribution in [0.15, 0.2) is 53.1 Å². The van der Waals surface area contributed by atoms with E-state index in [-0.39, 0.29) is 5.91 Å². The van der Waals surface area contributed by atoms with Gasteiger partial charge in [0.25, 0.3) is 0 Å². The lowest BCUT2D eigenvalue weighted by molar-refractivity contribution is -0.132. The second-order valence-electron chi connectivity index (χ2n) is 5.23. The van der Waals surface area contributed by atoms with Crippen LogP contribution in [0.4, 0.5) is 0 Å². The van der Waals surface area contributed by atoms with E-state index in [4.69, 9.17) is 4.42 Å². The highest BCUT2D eigenvalue weighted by atomic mass is 16.3. The molecule has 112 valence electrons. The summed E-state index contributed by atoms with van der Waals surface area (Å²) in [5.41, 5.74) is 1.25. The SMILES string of the molecule is CCCCC(=O)N(CCc1ccccc1)Cc1ccco1. The van der Waals surface area contributed by atoms with Gasteiger partial charge >= 0.3 is 0 Å². The predicted molar refractivity (Wildman–Crippen MR) is 83.8 cm³/mol. The molecule has 0 saturated carbocycles. The first-order valence-electron chi connectivity index (χ1n) is 7.63.